The summed E-state index contributed by atoms with van der Waals surface area (Å²) in [6.45, 7) is 3.12. The summed E-state index contributed by atoms with van der Waals surface area (Å²) in [5, 5.41) is 0. The van der Waals surface area contributed by atoms with Gasteiger partial charge in [-0.15, -0.1) is 0 Å². The van der Waals surface area contributed by atoms with Crippen molar-refractivity contribution in [3.63, 3.8) is 0 Å². The molecule has 1 rings (SSSR count). The first-order chi connectivity index (χ1) is 7.60. The fraction of sp³-hybridized carbons (Fsp3) is 0.818. The Labute approximate surface area is 96.1 Å². The summed E-state index contributed by atoms with van der Waals surface area (Å²) in [7, 11) is 0. The minimum Gasteiger partial charge on any atom is -0.368 e. The van der Waals surface area contributed by atoms with Crippen LogP contribution in [0.1, 0.15) is 32.6 Å². The average molecular weight is 227 g/mol. The molecular weight excluding hydrogens is 206 g/mol. The van der Waals surface area contributed by atoms with Crippen molar-refractivity contribution in [3.05, 3.63) is 0 Å². The Morgan fingerprint density at radius 3 is 2.81 bits per heavy atom. The van der Waals surface area contributed by atoms with Gasteiger partial charge in [-0.2, -0.15) is 0 Å². The molecule has 4 N–H and O–H groups in total. The number of likely N-dealkylation sites (tertiary alicyclic amines) is 1. The smallest absolute Gasteiger partial charge is 0.240 e. The summed E-state index contributed by atoms with van der Waals surface area (Å²) in [6, 6.07) is -0.514. The quantitative estimate of drug-likeness (QED) is 0.660. The molecule has 2 unspecified atom stereocenters. The van der Waals surface area contributed by atoms with Crippen molar-refractivity contribution in [2.75, 3.05) is 13.1 Å². The molecule has 0 aliphatic carbocycles. The molecule has 0 aromatic carbocycles. The second kappa shape index (κ2) is 5.84. The molecule has 0 radical (unpaired) electrons. The van der Waals surface area contributed by atoms with Gasteiger partial charge in [-0.1, -0.05) is 13.3 Å². The standard InChI is InChI=1S/C11H21N3O2/c1-2-3-8-6-10(15)14(7-8)9(4-5-12)11(13)16/h8-9H,2-7,12H2,1H3,(H2,13,16). The van der Waals surface area contributed by atoms with E-state index in [0.29, 0.717) is 31.8 Å². The molecule has 1 fully saturated rings. The number of nitrogens with zero attached hydrogens (tertiary/aromatic N) is 1. The second-order valence-corrected chi connectivity index (χ2v) is 4.40. The van der Waals surface area contributed by atoms with E-state index in [2.05, 4.69) is 6.92 Å². The minimum absolute atomic E-state index is 0.0377. The van der Waals surface area contributed by atoms with Crippen molar-refractivity contribution in [2.45, 2.75) is 38.6 Å². The van der Waals surface area contributed by atoms with E-state index in [4.69, 9.17) is 11.5 Å². The Balaban J connectivity index is 2.64. The fourth-order valence-electron chi connectivity index (χ4n) is 2.32. The first kappa shape index (κ1) is 13.0. The highest BCUT2D eigenvalue weighted by atomic mass is 16.2. The number of hydrogen-bond acceptors (Lipinski definition) is 3. The van der Waals surface area contributed by atoms with E-state index in [0.717, 1.165) is 12.8 Å². The van der Waals surface area contributed by atoms with E-state index in [1.165, 1.54) is 0 Å². The predicted molar refractivity (Wildman–Crippen MR) is 61.4 cm³/mol. The average Bonchev–Trinajstić information content (AvgIpc) is 2.56. The number of rotatable bonds is 6. The number of carbonyl (C=O) groups is 2. The molecule has 5 heteroatoms. The SMILES string of the molecule is CCCC1CC(=O)N(C(CCN)C(N)=O)C1. The van der Waals surface area contributed by atoms with Crippen molar-refractivity contribution < 1.29 is 9.59 Å². The van der Waals surface area contributed by atoms with Gasteiger partial charge in [0.05, 0.1) is 0 Å². The molecule has 2 amide bonds. The van der Waals surface area contributed by atoms with E-state index in [1.54, 1.807) is 4.90 Å². The molecule has 0 spiro atoms. The number of primary amides is 1. The van der Waals surface area contributed by atoms with E-state index in [-0.39, 0.29) is 5.91 Å². The van der Waals surface area contributed by atoms with Gasteiger partial charge in [0, 0.05) is 13.0 Å². The third-order valence-electron chi connectivity index (χ3n) is 3.08. The lowest BCUT2D eigenvalue weighted by Crippen LogP contribution is -2.46. The highest BCUT2D eigenvalue weighted by Gasteiger charge is 2.35. The molecular formula is C11H21N3O2. The van der Waals surface area contributed by atoms with Gasteiger partial charge in [-0.3, -0.25) is 9.59 Å². The van der Waals surface area contributed by atoms with Crippen molar-refractivity contribution >= 4 is 11.8 Å². The van der Waals surface area contributed by atoms with E-state index >= 15 is 0 Å². The van der Waals surface area contributed by atoms with Gasteiger partial charge < -0.3 is 16.4 Å². The zero-order valence-corrected chi connectivity index (χ0v) is 9.82. The topological polar surface area (TPSA) is 89.4 Å². The van der Waals surface area contributed by atoms with Crippen LogP contribution in [0.3, 0.4) is 0 Å². The molecule has 1 saturated heterocycles. The van der Waals surface area contributed by atoms with E-state index < -0.39 is 11.9 Å². The van der Waals surface area contributed by atoms with E-state index in [1.807, 2.05) is 0 Å². The minimum atomic E-state index is -0.514. The Bertz CT molecular complexity index is 268. The second-order valence-electron chi connectivity index (χ2n) is 4.40. The number of amides is 2. The van der Waals surface area contributed by atoms with Crippen LogP contribution in [0.4, 0.5) is 0 Å². The van der Waals surface area contributed by atoms with Crippen LogP contribution in [0.5, 0.6) is 0 Å². The summed E-state index contributed by atoms with van der Waals surface area (Å²) < 4.78 is 0. The molecule has 1 aliphatic rings. The first-order valence-corrected chi connectivity index (χ1v) is 5.89. The summed E-state index contributed by atoms with van der Waals surface area (Å²) in [6.07, 6.45) is 3.09. The highest BCUT2D eigenvalue weighted by Crippen LogP contribution is 2.24. The van der Waals surface area contributed by atoms with Crippen LogP contribution < -0.4 is 11.5 Å². The molecule has 0 saturated carbocycles. The third kappa shape index (κ3) is 2.95. The van der Waals surface area contributed by atoms with Gasteiger partial charge >= 0.3 is 0 Å². The zero-order chi connectivity index (χ0) is 12.1. The fourth-order valence-corrected chi connectivity index (χ4v) is 2.32. The Kier molecular flexibility index (Phi) is 4.73. The van der Waals surface area contributed by atoms with Crippen molar-refractivity contribution in [3.8, 4) is 0 Å². The third-order valence-corrected chi connectivity index (χ3v) is 3.08. The molecule has 0 aromatic heterocycles. The molecule has 16 heavy (non-hydrogen) atoms. The Morgan fingerprint density at radius 1 is 1.62 bits per heavy atom. The highest BCUT2D eigenvalue weighted by molar-refractivity contribution is 5.87. The summed E-state index contributed by atoms with van der Waals surface area (Å²) >= 11 is 0. The van der Waals surface area contributed by atoms with Crippen molar-refractivity contribution in [1.82, 2.24) is 4.90 Å². The number of hydrogen-bond donors (Lipinski definition) is 2. The Hall–Kier alpha value is -1.10. The normalized spacial score (nSPS) is 22.5. The molecule has 0 aromatic rings. The summed E-state index contributed by atoms with van der Waals surface area (Å²) in [4.78, 5) is 24.6. The summed E-state index contributed by atoms with van der Waals surface area (Å²) in [5.41, 5.74) is 10.7. The van der Waals surface area contributed by atoms with Gasteiger partial charge in [-0.25, -0.2) is 0 Å². The van der Waals surface area contributed by atoms with Gasteiger partial charge in [0.1, 0.15) is 6.04 Å². The largest absolute Gasteiger partial charge is 0.368 e. The van der Waals surface area contributed by atoms with Crippen molar-refractivity contribution in [2.24, 2.45) is 17.4 Å². The maximum absolute atomic E-state index is 11.8. The van der Waals surface area contributed by atoms with Crippen LogP contribution in [0.25, 0.3) is 0 Å². The Morgan fingerprint density at radius 2 is 2.31 bits per heavy atom. The maximum atomic E-state index is 11.8. The van der Waals surface area contributed by atoms with Gasteiger partial charge in [0.25, 0.3) is 0 Å². The lowest BCUT2D eigenvalue weighted by molar-refractivity contribution is -0.136. The zero-order valence-electron chi connectivity index (χ0n) is 9.82. The van der Waals surface area contributed by atoms with Crippen LogP contribution in [-0.2, 0) is 9.59 Å². The monoisotopic (exact) mass is 227 g/mol. The van der Waals surface area contributed by atoms with E-state index in [9.17, 15) is 9.59 Å². The van der Waals surface area contributed by atoms with Crippen molar-refractivity contribution in [1.29, 1.82) is 0 Å². The molecule has 2 atom stereocenters. The van der Waals surface area contributed by atoms with Crippen LogP contribution in [-0.4, -0.2) is 35.8 Å². The first-order valence-electron chi connectivity index (χ1n) is 5.89. The number of nitrogens with two attached hydrogens (primary N) is 2. The lowest BCUT2D eigenvalue weighted by Gasteiger charge is -2.25. The lowest BCUT2D eigenvalue weighted by atomic mass is 10.0. The van der Waals surface area contributed by atoms with Crippen LogP contribution in [0, 0.1) is 5.92 Å². The number of carbonyl (C=O) groups excluding carboxylic acids is 2. The molecule has 5 nitrogen and oxygen atoms in total. The maximum Gasteiger partial charge on any atom is 0.240 e. The van der Waals surface area contributed by atoms with Crippen LogP contribution in [0.15, 0.2) is 0 Å². The van der Waals surface area contributed by atoms with Gasteiger partial charge in [0.2, 0.25) is 11.8 Å². The van der Waals surface area contributed by atoms with Crippen LogP contribution in [0.2, 0.25) is 0 Å². The van der Waals surface area contributed by atoms with Gasteiger partial charge in [-0.05, 0) is 25.3 Å². The van der Waals surface area contributed by atoms with Crippen LogP contribution >= 0.6 is 0 Å². The van der Waals surface area contributed by atoms with Gasteiger partial charge in [0.15, 0.2) is 0 Å². The molecule has 92 valence electrons. The molecule has 0 bridgehead atoms. The summed E-state index contributed by atoms with van der Waals surface area (Å²) in [5.74, 6) is -0.0382. The molecule has 1 aliphatic heterocycles. The molecule has 1 heterocycles. The predicted octanol–water partition coefficient (Wildman–Crippen LogP) is -0.162.